The Balaban J connectivity index is 1.75. The van der Waals surface area contributed by atoms with Crippen LogP contribution in [0.2, 0.25) is 0 Å². The van der Waals surface area contributed by atoms with Crippen molar-refractivity contribution in [2.45, 2.75) is 13.0 Å². The van der Waals surface area contributed by atoms with Crippen LogP contribution < -0.4 is 0 Å². The topological polar surface area (TPSA) is 59.1 Å². The minimum Gasteiger partial charge on any atom is -0.445 e. The van der Waals surface area contributed by atoms with Crippen LogP contribution in [-0.4, -0.2) is 61.7 Å². The molecule has 6 heteroatoms. The first-order valence-corrected chi connectivity index (χ1v) is 7.43. The largest absolute Gasteiger partial charge is 0.445 e. The predicted molar refractivity (Wildman–Crippen MR) is 81.3 cm³/mol. The number of piperazine rings is 1. The third-order valence-corrected chi connectivity index (χ3v) is 3.56. The zero-order valence-electron chi connectivity index (χ0n) is 12.9. The summed E-state index contributed by atoms with van der Waals surface area (Å²) in [5.74, 6) is -0.0426. The van der Waals surface area contributed by atoms with Gasteiger partial charge >= 0.3 is 6.09 Å². The Morgan fingerprint density at radius 2 is 2.00 bits per heavy atom. The van der Waals surface area contributed by atoms with E-state index in [2.05, 4.69) is 0 Å². The van der Waals surface area contributed by atoms with Crippen LogP contribution in [0.4, 0.5) is 4.79 Å². The molecule has 0 aliphatic carbocycles. The third-order valence-electron chi connectivity index (χ3n) is 3.56. The summed E-state index contributed by atoms with van der Waals surface area (Å²) in [5.41, 5.74) is 0.931. The molecule has 0 spiro atoms. The van der Waals surface area contributed by atoms with Crippen molar-refractivity contribution >= 4 is 12.0 Å². The first kappa shape index (κ1) is 16.3. The molecule has 1 aliphatic rings. The number of methoxy groups -OCH3 is 1. The maximum atomic E-state index is 12.0. The van der Waals surface area contributed by atoms with E-state index in [0.717, 1.165) is 12.0 Å². The highest BCUT2D eigenvalue weighted by Crippen LogP contribution is 2.08. The van der Waals surface area contributed by atoms with Gasteiger partial charge in [0, 0.05) is 33.4 Å². The van der Waals surface area contributed by atoms with Crippen LogP contribution in [0.15, 0.2) is 30.3 Å². The molecule has 1 aromatic rings. The average molecular weight is 306 g/mol. The molecule has 1 fully saturated rings. The van der Waals surface area contributed by atoms with E-state index in [9.17, 15) is 9.59 Å². The van der Waals surface area contributed by atoms with E-state index >= 15 is 0 Å². The Labute approximate surface area is 130 Å². The molecular formula is C16H22N2O4. The second-order valence-corrected chi connectivity index (χ2v) is 5.19. The lowest BCUT2D eigenvalue weighted by atomic mass is 10.2. The van der Waals surface area contributed by atoms with Gasteiger partial charge in [-0.3, -0.25) is 9.69 Å². The average Bonchev–Trinajstić information content (AvgIpc) is 2.55. The normalized spacial score (nSPS) is 15.0. The highest BCUT2D eigenvalue weighted by atomic mass is 16.6. The van der Waals surface area contributed by atoms with Crippen molar-refractivity contribution in [1.82, 2.24) is 9.80 Å². The summed E-state index contributed by atoms with van der Waals surface area (Å²) in [6.07, 6.45) is 0.370. The van der Waals surface area contributed by atoms with Crippen molar-refractivity contribution in [2.24, 2.45) is 0 Å². The number of amides is 2. The van der Waals surface area contributed by atoms with Gasteiger partial charge in [-0.05, 0) is 12.0 Å². The Kier molecular flexibility index (Phi) is 6.21. The summed E-state index contributed by atoms with van der Waals surface area (Å²) >= 11 is 0. The summed E-state index contributed by atoms with van der Waals surface area (Å²) in [5, 5.41) is 0. The third kappa shape index (κ3) is 4.73. The van der Waals surface area contributed by atoms with E-state index in [4.69, 9.17) is 9.47 Å². The highest BCUT2D eigenvalue weighted by Gasteiger charge is 2.27. The maximum Gasteiger partial charge on any atom is 0.410 e. The van der Waals surface area contributed by atoms with Gasteiger partial charge in [-0.25, -0.2) is 4.79 Å². The van der Waals surface area contributed by atoms with Crippen LogP contribution in [0, 0.1) is 0 Å². The fourth-order valence-electron chi connectivity index (χ4n) is 2.31. The SMILES string of the molecule is COCCCN1CCN(C(=O)OCc2ccccc2)CC1=O. The van der Waals surface area contributed by atoms with Crippen molar-refractivity contribution in [3.63, 3.8) is 0 Å². The molecule has 1 heterocycles. The quantitative estimate of drug-likeness (QED) is 0.747. The maximum absolute atomic E-state index is 12.0. The van der Waals surface area contributed by atoms with Crippen molar-refractivity contribution in [3.8, 4) is 0 Å². The van der Waals surface area contributed by atoms with E-state index in [1.165, 1.54) is 4.90 Å². The van der Waals surface area contributed by atoms with Crippen LogP contribution in [0.3, 0.4) is 0 Å². The first-order valence-electron chi connectivity index (χ1n) is 7.43. The summed E-state index contributed by atoms with van der Waals surface area (Å²) in [7, 11) is 1.64. The molecule has 2 amide bonds. The molecule has 0 aromatic heterocycles. The summed E-state index contributed by atoms with van der Waals surface area (Å²) in [4.78, 5) is 27.2. The number of carbonyl (C=O) groups excluding carboxylic acids is 2. The van der Waals surface area contributed by atoms with Gasteiger partial charge in [0.2, 0.25) is 5.91 Å². The van der Waals surface area contributed by atoms with Gasteiger partial charge in [-0.1, -0.05) is 30.3 Å². The summed E-state index contributed by atoms with van der Waals surface area (Å²) < 4.78 is 10.2. The number of hydrogen-bond acceptors (Lipinski definition) is 4. The molecule has 2 rings (SSSR count). The molecule has 0 unspecified atom stereocenters. The molecule has 0 N–H and O–H groups in total. The van der Waals surface area contributed by atoms with Crippen LogP contribution in [0.1, 0.15) is 12.0 Å². The van der Waals surface area contributed by atoms with Gasteiger partial charge in [-0.15, -0.1) is 0 Å². The number of nitrogens with zero attached hydrogens (tertiary/aromatic N) is 2. The van der Waals surface area contributed by atoms with Crippen LogP contribution >= 0.6 is 0 Å². The molecule has 120 valence electrons. The van der Waals surface area contributed by atoms with Crippen LogP contribution in [0.25, 0.3) is 0 Å². The lowest BCUT2D eigenvalue weighted by molar-refractivity contribution is -0.135. The van der Waals surface area contributed by atoms with Gasteiger partial charge in [0.25, 0.3) is 0 Å². The van der Waals surface area contributed by atoms with E-state index < -0.39 is 6.09 Å². The first-order chi connectivity index (χ1) is 10.7. The summed E-state index contributed by atoms with van der Waals surface area (Å²) in [6, 6.07) is 9.49. The Hall–Kier alpha value is -2.08. The van der Waals surface area contributed by atoms with Gasteiger partial charge in [0.05, 0.1) is 0 Å². The Morgan fingerprint density at radius 3 is 2.68 bits per heavy atom. The van der Waals surface area contributed by atoms with Gasteiger partial charge in [0.15, 0.2) is 0 Å². The predicted octanol–water partition coefficient (Wildman–Crippen LogP) is 1.50. The number of carbonyl (C=O) groups is 2. The van der Waals surface area contributed by atoms with Crippen molar-refractivity contribution in [1.29, 1.82) is 0 Å². The highest BCUT2D eigenvalue weighted by molar-refractivity contribution is 5.83. The fourth-order valence-corrected chi connectivity index (χ4v) is 2.31. The smallest absolute Gasteiger partial charge is 0.410 e. The number of benzene rings is 1. The lowest BCUT2D eigenvalue weighted by Gasteiger charge is -2.33. The zero-order chi connectivity index (χ0) is 15.8. The molecule has 1 saturated heterocycles. The molecular weight excluding hydrogens is 284 g/mol. The van der Waals surface area contributed by atoms with E-state index in [0.29, 0.717) is 26.2 Å². The van der Waals surface area contributed by atoms with E-state index in [1.807, 2.05) is 30.3 Å². The van der Waals surface area contributed by atoms with Crippen molar-refractivity contribution in [2.75, 3.05) is 39.9 Å². The van der Waals surface area contributed by atoms with Crippen molar-refractivity contribution in [3.05, 3.63) is 35.9 Å². The standard InChI is InChI=1S/C16H22N2O4/c1-21-11-5-8-17-9-10-18(12-15(17)19)16(20)22-13-14-6-3-2-4-7-14/h2-4,6-7H,5,8-13H2,1H3. The Bertz CT molecular complexity index is 492. The molecule has 0 atom stereocenters. The monoisotopic (exact) mass is 306 g/mol. The van der Waals surface area contributed by atoms with Gasteiger partial charge in [-0.2, -0.15) is 0 Å². The van der Waals surface area contributed by atoms with Crippen LogP contribution in [0.5, 0.6) is 0 Å². The van der Waals surface area contributed by atoms with E-state index in [1.54, 1.807) is 12.0 Å². The van der Waals surface area contributed by atoms with Crippen LogP contribution in [-0.2, 0) is 20.9 Å². The number of hydrogen-bond donors (Lipinski definition) is 0. The van der Waals surface area contributed by atoms with E-state index in [-0.39, 0.29) is 19.1 Å². The molecule has 1 aromatic carbocycles. The molecule has 0 radical (unpaired) electrons. The second kappa shape index (κ2) is 8.38. The van der Waals surface area contributed by atoms with Crippen molar-refractivity contribution < 1.29 is 19.1 Å². The minimum atomic E-state index is -0.436. The fraction of sp³-hybridized carbons (Fsp3) is 0.500. The number of rotatable bonds is 6. The van der Waals surface area contributed by atoms with Gasteiger partial charge in [0.1, 0.15) is 13.2 Å². The molecule has 22 heavy (non-hydrogen) atoms. The second-order valence-electron chi connectivity index (χ2n) is 5.19. The minimum absolute atomic E-state index is 0.0426. The molecule has 6 nitrogen and oxygen atoms in total. The molecule has 0 saturated carbocycles. The van der Waals surface area contributed by atoms with Gasteiger partial charge < -0.3 is 14.4 Å². The Morgan fingerprint density at radius 1 is 1.23 bits per heavy atom. The zero-order valence-corrected chi connectivity index (χ0v) is 12.9. The lowest BCUT2D eigenvalue weighted by Crippen LogP contribution is -2.52. The summed E-state index contributed by atoms with van der Waals surface area (Å²) in [6.45, 7) is 2.66. The molecule has 1 aliphatic heterocycles. The number of ether oxygens (including phenoxy) is 2. The molecule has 0 bridgehead atoms.